The molecule has 26 heavy (non-hydrogen) atoms. The minimum atomic E-state index is 0.0686. The Bertz CT molecular complexity index is 860. The van der Waals surface area contributed by atoms with E-state index in [1.807, 2.05) is 41.7 Å². The number of carbonyl (C=O) groups is 1. The number of hydrogen-bond donors (Lipinski definition) is 1. The number of hydrogen-bond acceptors (Lipinski definition) is 3. The van der Waals surface area contributed by atoms with Gasteiger partial charge in [-0.15, -0.1) is 11.3 Å². The highest BCUT2D eigenvalue weighted by molar-refractivity contribution is 7.10. The van der Waals surface area contributed by atoms with Crippen molar-refractivity contribution in [3.05, 3.63) is 88.1 Å². The van der Waals surface area contributed by atoms with E-state index < -0.39 is 0 Å². The van der Waals surface area contributed by atoms with Gasteiger partial charge in [0.05, 0.1) is 6.04 Å². The Kier molecular flexibility index (Phi) is 5.14. The molecule has 0 bridgehead atoms. The van der Waals surface area contributed by atoms with Crippen molar-refractivity contribution in [3.63, 3.8) is 0 Å². The molecule has 4 heteroatoms. The summed E-state index contributed by atoms with van der Waals surface area (Å²) >= 11 is 1.85. The molecule has 3 nitrogen and oxygen atoms in total. The third-order valence-corrected chi connectivity index (χ3v) is 5.86. The summed E-state index contributed by atoms with van der Waals surface area (Å²) in [5.74, 6) is 0.0686. The van der Waals surface area contributed by atoms with E-state index in [1.165, 1.54) is 16.0 Å². The Hall–Kier alpha value is -2.43. The van der Waals surface area contributed by atoms with Crippen molar-refractivity contribution in [3.8, 4) is 0 Å². The van der Waals surface area contributed by atoms with Gasteiger partial charge in [-0.1, -0.05) is 48.5 Å². The number of nitrogens with zero attached hydrogens (tertiary/aromatic N) is 1. The Morgan fingerprint density at radius 1 is 1.04 bits per heavy atom. The lowest BCUT2D eigenvalue weighted by molar-refractivity contribution is -0.116. The van der Waals surface area contributed by atoms with Crippen molar-refractivity contribution in [2.24, 2.45) is 0 Å². The van der Waals surface area contributed by atoms with E-state index in [2.05, 4.69) is 52.0 Å². The summed E-state index contributed by atoms with van der Waals surface area (Å²) in [4.78, 5) is 16.3. The molecule has 0 fully saturated rings. The Labute approximate surface area is 158 Å². The molecule has 0 saturated carbocycles. The number of amides is 1. The molecule has 0 saturated heterocycles. The summed E-state index contributed by atoms with van der Waals surface area (Å²) in [5, 5.41) is 5.17. The van der Waals surface area contributed by atoms with Crippen LogP contribution < -0.4 is 5.32 Å². The maximum atomic E-state index is 12.4. The first kappa shape index (κ1) is 17.0. The molecule has 2 aromatic carbocycles. The number of nitrogens with one attached hydrogen (secondary N) is 1. The van der Waals surface area contributed by atoms with Crippen LogP contribution in [-0.4, -0.2) is 23.9 Å². The van der Waals surface area contributed by atoms with E-state index in [9.17, 15) is 4.79 Å². The Balaban J connectivity index is 1.47. The smallest absolute Gasteiger partial charge is 0.225 e. The first-order valence-corrected chi connectivity index (χ1v) is 9.89. The van der Waals surface area contributed by atoms with Gasteiger partial charge in [-0.25, -0.2) is 0 Å². The summed E-state index contributed by atoms with van der Waals surface area (Å²) in [6.45, 7) is 1.75. The molecule has 1 aliphatic rings. The molecule has 2 heterocycles. The zero-order valence-electron chi connectivity index (χ0n) is 14.6. The molecule has 132 valence electrons. The molecular weight excluding hydrogens is 340 g/mol. The predicted octanol–water partition coefficient (Wildman–Crippen LogP) is 4.72. The van der Waals surface area contributed by atoms with Crippen LogP contribution in [0.1, 0.15) is 28.5 Å². The second-order valence-electron chi connectivity index (χ2n) is 6.56. The second kappa shape index (κ2) is 7.85. The normalized spacial score (nSPS) is 16.8. The van der Waals surface area contributed by atoms with Gasteiger partial charge in [-0.2, -0.15) is 0 Å². The fraction of sp³-hybridized carbons (Fsp3) is 0.227. The van der Waals surface area contributed by atoms with Crippen LogP contribution in [0.3, 0.4) is 0 Å². The molecule has 1 aromatic heterocycles. The summed E-state index contributed by atoms with van der Waals surface area (Å²) in [6.07, 6.45) is 1.56. The van der Waals surface area contributed by atoms with Crippen LogP contribution in [-0.2, 0) is 11.2 Å². The van der Waals surface area contributed by atoms with Gasteiger partial charge in [0.25, 0.3) is 0 Å². The van der Waals surface area contributed by atoms with E-state index >= 15 is 0 Å². The van der Waals surface area contributed by atoms with Crippen LogP contribution in [0.5, 0.6) is 0 Å². The van der Waals surface area contributed by atoms with E-state index in [4.69, 9.17) is 0 Å². The summed E-state index contributed by atoms with van der Waals surface area (Å²) in [6, 6.07) is 22.8. The first-order valence-electron chi connectivity index (χ1n) is 9.01. The lowest BCUT2D eigenvalue weighted by atomic mass is 9.93. The lowest BCUT2D eigenvalue weighted by Gasteiger charge is -2.36. The van der Waals surface area contributed by atoms with E-state index in [0.717, 1.165) is 25.2 Å². The van der Waals surface area contributed by atoms with Crippen LogP contribution in [0, 0.1) is 0 Å². The molecule has 1 aliphatic heterocycles. The molecule has 0 radical (unpaired) electrons. The Morgan fingerprint density at radius 3 is 2.54 bits per heavy atom. The van der Waals surface area contributed by atoms with Crippen LogP contribution >= 0.6 is 11.3 Å². The molecule has 1 N–H and O–H groups in total. The molecule has 0 aliphatic carbocycles. The van der Waals surface area contributed by atoms with Crippen LogP contribution in [0.25, 0.3) is 0 Å². The number of fused-ring (bicyclic) bond motifs is 1. The van der Waals surface area contributed by atoms with Gasteiger partial charge < -0.3 is 5.32 Å². The highest BCUT2D eigenvalue weighted by Gasteiger charge is 2.29. The fourth-order valence-electron chi connectivity index (χ4n) is 3.63. The van der Waals surface area contributed by atoms with E-state index in [1.54, 1.807) is 0 Å². The second-order valence-corrected chi connectivity index (χ2v) is 7.56. The number of carbonyl (C=O) groups excluding carboxylic acids is 1. The van der Waals surface area contributed by atoms with Crippen molar-refractivity contribution in [1.82, 2.24) is 4.90 Å². The quantitative estimate of drug-likeness (QED) is 0.712. The van der Waals surface area contributed by atoms with Gasteiger partial charge in [-0.05, 0) is 41.1 Å². The average molecular weight is 362 g/mol. The maximum Gasteiger partial charge on any atom is 0.225 e. The SMILES string of the molecule is O=C(CCN1CCc2sccc2C1c1ccccc1)Nc1ccccc1. The largest absolute Gasteiger partial charge is 0.326 e. The maximum absolute atomic E-state index is 12.4. The van der Waals surface area contributed by atoms with Crippen LogP contribution in [0.2, 0.25) is 0 Å². The van der Waals surface area contributed by atoms with Crippen molar-refractivity contribution in [2.45, 2.75) is 18.9 Å². The molecule has 1 atom stereocenters. The number of benzene rings is 2. The topological polar surface area (TPSA) is 32.3 Å². The lowest BCUT2D eigenvalue weighted by Crippen LogP contribution is -2.37. The van der Waals surface area contributed by atoms with Crippen molar-refractivity contribution >= 4 is 22.9 Å². The number of thiophene rings is 1. The highest BCUT2D eigenvalue weighted by Crippen LogP contribution is 2.37. The average Bonchev–Trinajstić information content (AvgIpc) is 3.16. The van der Waals surface area contributed by atoms with E-state index in [0.29, 0.717) is 6.42 Å². The van der Waals surface area contributed by atoms with Gasteiger partial charge in [0.2, 0.25) is 5.91 Å². The van der Waals surface area contributed by atoms with Crippen molar-refractivity contribution in [2.75, 3.05) is 18.4 Å². The molecular formula is C22H22N2OS. The number of para-hydroxylation sites is 1. The molecule has 3 aromatic rings. The zero-order chi connectivity index (χ0) is 17.8. The van der Waals surface area contributed by atoms with Crippen molar-refractivity contribution in [1.29, 1.82) is 0 Å². The summed E-state index contributed by atoms with van der Waals surface area (Å²) in [7, 11) is 0. The van der Waals surface area contributed by atoms with Crippen LogP contribution in [0.15, 0.2) is 72.1 Å². The van der Waals surface area contributed by atoms with Gasteiger partial charge in [0, 0.05) is 30.1 Å². The minimum absolute atomic E-state index is 0.0686. The predicted molar refractivity (Wildman–Crippen MR) is 108 cm³/mol. The highest BCUT2D eigenvalue weighted by atomic mass is 32.1. The third-order valence-electron chi connectivity index (χ3n) is 4.86. The number of anilines is 1. The first-order chi connectivity index (χ1) is 12.8. The monoisotopic (exact) mass is 362 g/mol. The Morgan fingerprint density at radius 2 is 1.77 bits per heavy atom. The van der Waals surface area contributed by atoms with Gasteiger partial charge in [0.15, 0.2) is 0 Å². The number of rotatable bonds is 5. The van der Waals surface area contributed by atoms with Gasteiger partial charge in [0.1, 0.15) is 0 Å². The molecule has 1 unspecified atom stereocenters. The van der Waals surface area contributed by atoms with E-state index in [-0.39, 0.29) is 11.9 Å². The fourth-order valence-corrected chi connectivity index (χ4v) is 4.53. The van der Waals surface area contributed by atoms with Crippen LogP contribution in [0.4, 0.5) is 5.69 Å². The van der Waals surface area contributed by atoms with Crippen molar-refractivity contribution < 1.29 is 4.79 Å². The van der Waals surface area contributed by atoms with Gasteiger partial charge in [-0.3, -0.25) is 9.69 Å². The molecule has 1 amide bonds. The summed E-state index contributed by atoms with van der Waals surface area (Å²) in [5.41, 5.74) is 3.56. The molecule has 0 spiro atoms. The third kappa shape index (κ3) is 3.71. The zero-order valence-corrected chi connectivity index (χ0v) is 15.4. The standard InChI is InChI=1S/C22H22N2OS/c25-21(23-18-9-5-2-6-10-18)12-15-24-14-11-20-19(13-16-26-20)22(24)17-7-3-1-4-8-17/h1-10,13,16,22H,11-12,14-15H2,(H,23,25). The van der Waals surface area contributed by atoms with Gasteiger partial charge >= 0.3 is 0 Å². The minimum Gasteiger partial charge on any atom is -0.326 e. The molecule has 4 rings (SSSR count). The summed E-state index contributed by atoms with van der Waals surface area (Å²) < 4.78 is 0.